The zero-order valence-corrected chi connectivity index (χ0v) is 9.48. The number of nitrogens with two attached hydrogens (primary N) is 1. The first-order valence-electron chi connectivity index (χ1n) is 5.81. The third-order valence-electron chi connectivity index (χ3n) is 3.28. The van der Waals surface area contributed by atoms with Crippen LogP contribution in [0, 0.1) is 5.41 Å². The van der Waals surface area contributed by atoms with Crippen LogP contribution in [-0.2, 0) is 6.61 Å². The normalized spacial score (nSPS) is 17.1. The van der Waals surface area contributed by atoms with Gasteiger partial charge in [-0.25, -0.2) is 0 Å². The zero-order chi connectivity index (χ0) is 11.4. The van der Waals surface area contributed by atoms with Gasteiger partial charge in [-0.05, 0) is 43.5 Å². The maximum atomic E-state index is 8.91. The van der Waals surface area contributed by atoms with Crippen LogP contribution < -0.4 is 10.5 Å². The molecule has 3 nitrogen and oxygen atoms in total. The first-order valence-corrected chi connectivity index (χ1v) is 5.81. The van der Waals surface area contributed by atoms with E-state index in [0.29, 0.717) is 5.41 Å². The van der Waals surface area contributed by atoms with Gasteiger partial charge in [0, 0.05) is 5.41 Å². The molecule has 88 valence electrons. The summed E-state index contributed by atoms with van der Waals surface area (Å²) in [7, 11) is 0. The van der Waals surface area contributed by atoms with Gasteiger partial charge < -0.3 is 15.6 Å². The van der Waals surface area contributed by atoms with Gasteiger partial charge >= 0.3 is 0 Å². The molecule has 1 aliphatic carbocycles. The van der Waals surface area contributed by atoms with Gasteiger partial charge in [-0.2, -0.15) is 0 Å². The van der Waals surface area contributed by atoms with Crippen LogP contribution in [-0.4, -0.2) is 18.3 Å². The van der Waals surface area contributed by atoms with Gasteiger partial charge in [-0.15, -0.1) is 0 Å². The van der Waals surface area contributed by atoms with Crippen molar-refractivity contribution >= 4 is 0 Å². The summed E-state index contributed by atoms with van der Waals surface area (Å²) in [5, 5.41) is 8.91. The van der Waals surface area contributed by atoms with E-state index in [4.69, 9.17) is 15.6 Å². The summed E-state index contributed by atoms with van der Waals surface area (Å²) in [6, 6.07) is 7.59. The fraction of sp³-hybridized carbons (Fsp3) is 0.538. The molecule has 3 heteroatoms. The summed E-state index contributed by atoms with van der Waals surface area (Å²) < 4.78 is 5.75. The van der Waals surface area contributed by atoms with Crippen molar-refractivity contribution in [2.45, 2.75) is 25.9 Å². The Balaban J connectivity index is 1.85. The van der Waals surface area contributed by atoms with Crippen molar-refractivity contribution in [3.8, 4) is 5.75 Å². The predicted molar refractivity (Wildman–Crippen MR) is 63.2 cm³/mol. The number of hydrogen-bond acceptors (Lipinski definition) is 3. The Morgan fingerprint density at radius 3 is 2.44 bits per heavy atom. The highest BCUT2D eigenvalue weighted by molar-refractivity contribution is 5.27. The molecular weight excluding hydrogens is 202 g/mol. The summed E-state index contributed by atoms with van der Waals surface area (Å²) in [5.74, 6) is 0.875. The quantitative estimate of drug-likeness (QED) is 0.768. The van der Waals surface area contributed by atoms with Gasteiger partial charge in [-0.1, -0.05) is 12.1 Å². The maximum absolute atomic E-state index is 8.91. The second kappa shape index (κ2) is 4.85. The topological polar surface area (TPSA) is 55.5 Å². The predicted octanol–water partition coefficient (Wildman–Crippen LogP) is 1.69. The highest BCUT2D eigenvalue weighted by atomic mass is 16.5. The molecule has 0 radical (unpaired) electrons. The van der Waals surface area contributed by atoms with Crippen LogP contribution in [0.5, 0.6) is 5.75 Å². The molecule has 1 aromatic carbocycles. The lowest BCUT2D eigenvalue weighted by Crippen LogP contribution is -2.17. The monoisotopic (exact) mass is 221 g/mol. The van der Waals surface area contributed by atoms with Crippen molar-refractivity contribution in [2.75, 3.05) is 13.2 Å². The van der Waals surface area contributed by atoms with Gasteiger partial charge in [-0.3, -0.25) is 0 Å². The van der Waals surface area contributed by atoms with E-state index in [1.54, 1.807) is 0 Å². The van der Waals surface area contributed by atoms with Gasteiger partial charge in [0.1, 0.15) is 5.75 Å². The van der Waals surface area contributed by atoms with E-state index in [-0.39, 0.29) is 6.61 Å². The van der Waals surface area contributed by atoms with Gasteiger partial charge in [0.05, 0.1) is 13.2 Å². The van der Waals surface area contributed by atoms with E-state index in [9.17, 15) is 0 Å². The molecule has 0 amide bonds. The summed E-state index contributed by atoms with van der Waals surface area (Å²) in [6.45, 7) is 1.59. The third kappa shape index (κ3) is 2.74. The minimum Gasteiger partial charge on any atom is -0.493 e. The van der Waals surface area contributed by atoms with Gasteiger partial charge in [0.15, 0.2) is 0 Å². The molecule has 16 heavy (non-hydrogen) atoms. The molecule has 0 aromatic heterocycles. The SMILES string of the molecule is NCCC1(COc2ccc(CO)cc2)CC1. The minimum atomic E-state index is 0.0807. The molecule has 0 heterocycles. The van der Waals surface area contributed by atoms with Crippen LogP contribution in [0.25, 0.3) is 0 Å². The Bertz CT molecular complexity index is 330. The molecule has 3 N–H and O–H groups in total. The Hall–Kier alpha value is -1.06. The average Bonchev–Trinajstić information content (AvgIpc) is 3.08. The first-order chi connectivity index (χ1) is 7.78. The number of ether oxygens (including phenoxy) is 1. The van der Waals surface area contributed by atoms with Crippen LogP contribution >= 0.6 is 0 Å². The standard InChI is InChI=1S/C13H19NO2/c14-8-7-13(5-6-13)10-16-12-3-1-11(9-15)2-4-12/h1-4,15H,5-10,14H2. The van der Waals surface area contributed by atoms with E-state index in [0.717, 1.165) is 30.9 Å². The molecule has 0 unspecified atom stereocenters. The number of aliphatic hydroxyl groups is 1. The molecule has 2 rings (SSSR count). The highest BCUT2D eigenvalue weighted by Gasteiger charge is 2.42. The van der Waals surface area contributed by atoms with Crippen molar-refractivity contribution < 1.29 is 9.84 Å². The average molecular weight is 221 g/mol. The number of rotatable bonds is 6. The second-order valence-electron chi connectivity index (χ2n) is 4.63. The molecule has 0 atom stereocenters. The van der Waals surface area contributed by atoms with Crippen molar-refractivity contribution in [1.29, 1.82) is 0 Å². The van der Waals surface area contributed by atoms with Crippen LogP contribution in [0.15, 0.2) is 24.3 Å². The lowest BCUT2D eigenvalue weighted by Gasteiger charge is -2.15. The van der Waals surface area contributed by atoms with Crippen LogP contribution in [0.2, 0.25) is 0 Å². The lowest BCUT2D eigenvalue weighted by atomic mass is 10.0. The number of aliphatic hydroxyl groups excluding tert-OH is 1. The summed E-state index contributed by atoms with van der Waals surface area (Å²) >= 11 is 0. The molecular formula is C13H19NO2. The van der Waals surface area contributed by atoms with Crippen LogP contribution in [0.4, 0.5) is 0 Å². The summed E-state index contributed by atoms with van der Waals surface area (Å²) in [6.07, 6.45) is 3.53. The fourth-order valence-corrected chi connectivity index (χ4v) is 1.88. The number of benzene rings is 1. The molecule has 0 spiro atoms. The van der Waals surface area contributed by atoms with Gasteiger partial charge in [0.2, 0.25) is 0 Å². The van der Waals surface area contributed by atoms with Crippen molar-refractivity contribution in [3.05, 3.63) is 29.8 Å². The Labute approximate surface area is 96.2 Å². The molecule has 0 aliphatic heterocycles. The fourth-order valence-electron chi connectivity index (χ4n) is 1.88. The smallest absolute Gasteiger partial charge is 0.119 e. The maximum Gasteiger partial charge on any atom is 0.119 e. The van der Waals surface area contributed by atoms with Crippen molar-refractivity contribution in [2.24, 2.45) is 11.1 Å². The lowest BCUT2D eigenvalue weighted by molar-refractivity contribution is 0.226. The number of hydrogen-bond donors (Lipinski definition) is 2. The first kappa shape index (κ1) is 11.4. The highest BCUT2D eigenvalue weighted by Crippen LogP contribution is 2.48. The molecule has 1 fully saturated rings. The van der Waals surface area contributed by atoms with E-state index >= 15 is 0 Å². The summed E-state index contributed by atoms with van der Waals surface area (Å²) in [5.41, 5.74) is 6.84. The Kier molecular flexibility index (Phi) is 3.46. The Morgan fingerprint density at radius 2 is 1.94 bits per heavy atom. The molecule has 1 aliphatic rings. The Morgan fingerprint density at radius 1 is 1.25 bits per heavy atom. The van der Waals surface area contributed by atoms with E-state index in [2.05, 4.69) is 0 Å². The van der Waals surface area contributed by atoms with E-state index in [1.807, 2.05) is 24.3 Å². The molecule has 0 saturated heterocycles. The third-order valence-corrected chi connectivity index (χ3v) is 3.28. The largest absolute Gasteiger partial charge is 0.493 e. The second-order valence-corrected chi connectivity index (χ2v) is 4.63. The van der Waals surface area contributed by atoms with Gasteiger partial charge in [0.25, 0.3) is 0 Å². The molecule has 1 saturated carbocycles. The minimum absolute atomic E-state index is 0.0807. The van der Waals surface area contributed by atoms with Crippen LogP contribution in [0.1, 0.15) is 24.8 Å². The molecule has 0 bridgehead atoms. The van der Waals surface area contributed by atoms with E-state index in [1.165, 1.54) is 12.8 Å². The van der Waals surface area contributed by atoms with Crippen molar-refractivity contribution in [1.82, 2.24) is 0 Å². The van der Waals surface area contributed by atoms with E-state index < -0.39 is 0 Å². The molecule has 1 aromatic rings. The zero-order valence-electron chi connectivity index (χ0n) is 9.48. The summed E-state index contributed by atoms with van der Waals surface area (Å²) in [4.78, 5) is 0. The van der Waals surface area contributed by atoms with Crippen LogP contribution in [0.3, 0.4) is 0 Å². The van der Waals surface area contributed by atoms with Crippen molar-refractivity contribution in [3.63, 3.8) is 0 Å².